The summed E-state index contributed by atoms with van der Waals surface area (Å²) < 4.78 is 0. The highest BCUT2D eigenvalue weighted by Gasteiger charge is 2.27. The summed E-state index contributed by atoms with van der Waals surface area (Å²) in [7, 11) is 2.07. The summed E-state index contributed by atoms with van der Waals surface area (Å²) in [5, 5.41) is 1.02. The number of aryl methyl sites for hydroxylation is 1. The fourth-order valence-corrected chi connectivity index (χ4v) is 3.91. The number of rotatable bonds is 3. The molecule has 1 fully saturated rings. The first-order valence-electron chi connectivity index (χ1n) is 9.46. The Balaban J connectivity index is 1.44. The predicted molar refractivity (Wildman–Crippen MR) is 110 cm³/mol. The molecule has 1 aromatic carbocycles. The molecule has 0 spiro atoms. The molecule has 4 rings (SSSR count). The summed E-state index contributed by atoms with van der Waals surface area (Å²) >= 11 is 0. The van der Waals surface area contributed by atoms with Crippen molar-refractivity contribution in [2.75, 3.05) is 25.0 Å². The topological polar surface area (TPSA) is 65.1 Å². The molecular formula is C22H23N5O. The number of terminal acetylenes is 1. The Kier molecular flexibility index (Phi) is 4.74. The lowest BCUT2D eigenvalue weighted by Gasteiger charge is -2.37. The van der Waals surface area contributed by atoms with Gasteiger partial charge in [0.15, 0.2) is 0 Å². The summed E-state index contributed by atoms with van der Waals surface area (Å²) in [6.45, 7) is 3.40. The monoisotopic (exact) mass is 373 g/mol. The van der Waals surface area contributed by atoms with E-state index in [-0.39, 0.29) is 5.91 Å². The van der Waals surface area contributed by atoms with E-state index in [0.717, 1.165) is 53.9 Å². The van der Waals surface area contributed by atoms with E-state index in [9.17, 15) is 4.79 Å². The third kappa shape index (κ3) is 3.20. The number of carbonyl (C=O) groups excluding carboxylic acids is 1. The molecule has 142 valence electrons. The first-order valence-corrected chi connectivity index (χ1v) is 9.46. The molecule has 0 saturated carbocycles. The van der Waals surface area contributed by atoms with Crippen molar-refractivity contribution in [1.82, 2.24) is 19.9 Å². The standard InChI is InChI=1S/C22H23N5O/c1-4-16-5-6-17(13-15(16)2)22(28)27-11-8-18(9-12-27)26(3)21-19-7-10-23-20(19)24-14-25-21/h1,5-7,10,13-14,18H,8-9,11-12H2,2-3H3,(H,23,24,25). The van der Waals surface area contributed by atoms with Gasteiger partial charge in [-0.3, -0.25) is 4.79 Å². The predicted octanol–water partition coefficient (Wildman–Crippen LogP) is 2.99. The molecule has 1 aliphatic heterocycles. The maximum atomic E-state index is 12.9. The number of likely N-dealkylation sites (tertiary alicyclic amines) is 1. The van der Waals surface area contributed by atoms with Crippen LogP contribution in [-0.2, 0) is 0 Å². The Morgan fingerprint density at radius 3 is 2.79 bits per heavy atom. The largest absolute Gasteiger partial charge is 0.356 e. The molecule has 2 aromatic heterocycles. The van der Waals surface area contributed by atoms with Crippen LogP contribution in [0.2, 0.25) is 0 Å². The maximum absolute atomic E-state index is 12.9. The number of aromatic amines is 1. The van der Waals surface area contributed by atoms with E-state index < -0.39 is 0 Å². The fraction of sp³-hybridized carbons (Fsp3) is 0.318. The lowest BCUT2D eigenvalue weighted by molar-refractivity contribution is 0.0713. The third-order valence-corrected chi connectivity index (χ3v) is 5.60. The second-order valence-electron chi connectivity index (χ2n) is 7.25. The van der Waals surface area contributed by atoms with Gasteiger partial charge in [0.1, 0.15) is 17.8 Å². The van der Waals surface area contributed by atoms with Crippen molar-refractivity contribution >= 4 is 22.8 Å². The summed E-state index contributed by atoms with van der Waals surface area (Å²) in [6, 6.07) is 7.90. The van der Waals surface area contributed by atoms with Crippen molar-refractivity contribution in [3.8, 4) is 12.3 Å². The molecule has 3 heterocycles. The number of carbonyl (C=O) groups is 1. The maximum Gasteiger partial charge on any atom is 0.253 e. The van der Waals surface area contributed by atoms with Crippen LogP contribution in [0.15, 0.2) is 36.8 Å². The molecule has 1 aliphatic rings. The van der Waals surface area contributed by atoms with Crippen molar-refractivity contribution in [1.29, 1.82) is 0 Å². The van der Waals surface area contributed by atoms with Gasteiger partial charge in [0.2, 0.25) is 0 Å². The Morgan fingerprint density at radius 2 is 2.07 bits per heavy atom. The Bertz CT molecular complexity index is 1060. The zero-order chi connectivity index (χ0) is 19.7. The van der Waals surface area contributed by atoms with Gasteiger partial charge in [-0.1, -0.05) is 5.92 Å². The van der Waals surface area contributed by atoms with Gasteiger partial charge in [0.05, 0.1) is 5.39 Å². The number of H-pyrrole nitrogens is 1. The fourth-order valence-electron chi connectivity index (χ4n) is 3.91. The van der Waals surface area contributed by atoms with E-state index >= 15 is 0 Å². The summed E-state index contributed by atoms with van der Waals surface area (Å²) in [5.41, 5.74) is 3.34. The van der Waals surface area contributed by atoms with Crippen molar-refractivity contribution < 1.29 is 4.79 Å². The molecular weight excluding hydrogens is 350 g/mol. The van der Waals surface area contributed by atoms with Crippen LogP contribution in [0.5, 0.6) is 0 Å². The highest BCUT2D eigenvalue weighted by molar-refractivity contribution is 5.94. The Hall–Kier alpha value is -3.33. The van der Waals surface area contributed by atoms with Gasteiger partial charge in [0.25, 0.3) is 5.91 Å². The minimum absolute atomic E-state index is 0.0721. The van der Waals surface area contributed by atoms with Gasteiger partial charge in [-0.2, -0.15) is 0 Å². The average molecular weight is 373 g/mol. The molecule has 0 atom stereocenters. The second kappa shape index (κ2) is 7.35. The van der Waals surface area contributed by atoms with Crippen molar-refractivity contribution in [3.05, 3.63) is 53.5 Å². The van der Waals surface area contributed by atoms with E-state index in [1.165, 1.54) is 0 Å². The first-order chi connectivity index (χ1) is 13.6. The lowest BCUT2D eigenvalue weighted by atomic mass is 10.0. The SMILES string of the molecule is C#Cc1ccc(C(=O)N2CCC(N(C)c3ncnc4[nH]ccc34)CC2)cc1C. The third-order valence-electron chi connectivity index (χ3n) is 5.60. The van der Waals surface area contributed by atoms with Gasteiger partial charge in [-0.25, -0.2) is 9.97 Å². The molecule has 1 N–H and O–H groups in total. The van der Waals surface area contributed by atoms with Gasteiger partial charge in [-0.05, 0) is 49.6 Å². The van der Waals surface area contributed by atoms with Gasteiger partial charge in [-0.15, -0.1) is 6.42 Å². The van der Waals surface area contributed by atoms with E-state index in [1.54, 1.807) is 6.33 Å². The molecule has 0 radical (unpaired) electrons. The van der Waals surface area contributed by atoms with Crippen LogP contribution in [0.3, 0.4) is 0 Å². The first kappa shape index (κ1) is 18.1. The zero-order valence-electron chi connectivity index (χ0n) is 16.1. The smallest absolute Gasteiger partial charge is 0.253 e. The summed E-state index contributed by atoms with van der Waals surface area (Å²) in [4.78, 5) is 28.9. The number of amides is 1. The van der Waals surface area contributed by atoms with Crippen LogP contribution in [0.25, 0.3) is 11.0 Å². The molecule has 1 saturated heterocycles. The number of benzene rings is 1. The molecule has 3 aromatic rings. The van der Waals surface area contributed by atoms with Crippen molar-refractivity contribution in [2.45, 2.75) is 25.8 Å². The molecule has 28 heavy (non-hydrogen) atoms. The highest BCUT2D eigenvalue weighted by Crippen LogP contribution is 2.26. The quantitative estimate of drug-likeness (QED) is 0.717. The second-order valence-corrected chi connectivity index (χ2v) is 7.25. The number of anilines is 1. The summed E-state index contributed by atoms with van der Waals surface area (Å²) in [6.07, 6.45) is 10.8. The minimum atomic E-state index is 0.0721. The van der Waals surface area contributed by atoms with Crippen molar-refractivity contribution in [2.24, 2.45) is 0 Å². The number of hydrogen-bond acceptors (Lipinski definition) is 4. The van der Waals surface area contributed by atoms with Gasteiger partial charge < -0.3 is 14.8 Å². The molecule has 0 bridgehead atoms. The van der Waals surface area contributed by atoms with E-state index in [1.807, 2.05) is 42.3 Å². The van der Waals surface area contributed by atoms with Crippen LogP contribution >= 0.6 is 0 Å². The Labute approximate surface area is 164 Å². The number of nitrogens with one attached hydrogen (secondary N) is 1. The number of piperidine rings is 1. The zero-order valence-corrected chi connectivity index (χ0v) is 16.1. The number of aromatic nitrogens is 3. The summed E-state index contributed by atoms with van der Waals surface area (Å²) in [5.74, 6) is 3.64. The van der Waals surface area contributed by atoms with Crippen LogP contribution in [0, 0.1) is 19.3 Å². The van der Waals surface area contributed by atoms with Crippen molar-refractivity contribution in [3.63, 3.8) is 0 Å². The van der Waals surface area contributed by atoms with Crippen LogP contribution in [-0.4, -0.2) is 51.9 Å². The van der Waals surface area contributed by atoms with Gasteiger partial charge >= 0.3 is 0 Å². The van der Waals surface area contributed by atoms with Gasteiger partial charge in [0, 0.05) is 43.5 Å². The van der Waals surface area contributed by atoms with Crippen LogP contribution in [0.4, 0.5) is 5.82 Å². The average Bonchev–Trinajstić information content (AvgIpc) is 3.21. The molecule has 0 aliphatic carbocycles. The normalized spacial score (nSPS) is 14.8. The molecule has 6 heteroatoms. The number of fused-ring (bicyclic) bond motifs is 1. The Morgan fingerprint density at radius 1 is 1.29 bits per heavy atom. The molecule has 0 unspecified atom stereocenters. The minimum Gasteiger partial charge on any atom is -0.356 e. The van der Waals surface area contributed by atoms with Crippen LogP contribution < -0.4 is 4.90 Å². The van der Waals surface area contributed by atoms with E-state index in [2.05, 4.69) is 32.8 Å². The lowest BCUT2D eigenvalue weighted by Crippen LogP contribution is -2.46. The van der Waals surface area contributed by atoms with E-state index in [0.29, 0.717) is 11.6 Å². The highest BCUT2D eigenvalue weighted by atomic mass is 16.2. The van der Waals surface area contributed by atoms with E-state index in [4.69, 9.17) is 6.42 Å². The van der Waals surface area contributed by atoms with Crippen LogP contribution in [0.1, 0.15) is 34.3 Å². The molecule has 1 amide bonds. The number of nitrogens with zero attached hydrogens (tertiary/aromatic N) is 4. The molecule has 6 nitrogen and oxygen atoms in total. The number of hydrogen-bond donors (Lipinski definition) is 1.